The first-order chi connectivity index (χ1) is 12.5. The van der Waals surface area contributed by atoms with Gasteiger partial charge in [0.15, 0.2) is 0 Å². The highest BCUT2D eigenvalue weighted by molar-refractivity contribution is 7.89. The van der Waals surface area contributed by atoms with Crippen molar-refractivity contribution < 1.29 is 17.9 Å². The number of urea groups is 1. The van der Waals surface area contributed by atoms with Crippen LogP contribution in [0.5, 0.6) is 0 Å². The van der Waals surface area contributed by atoms with Gasteiger partial charge in [0, 0.05) is 51.5 Å². The van der Waals surface area contributed by atoms with E-state index in [0.29, 0.717) is 58.5 Å². The zero-order chi connectivity index (χ0) is 18.6. The molecule has 1 atom stereocenters. The Bertz CT molecular complexity index is 565. The van der Waals surface area contributed by atoms with Gasteiger partial charge in [0.05, 0.1) is 5.25 Å². The smallest absolute Gasteiger partial charge is 0.317 e. The predicted octanol–water partition coefficient (Wildman–Crippen LogP) is 0.353. The molecule has 3 aliphatic rings. The van der Waals surface area contributed by atoms with Crippen molar-refractivity contribution in [1.29, 1.82) is 0 Å². The Morgan fingerprint density at radius 2 is 1.88 bits per heavy atom. The van der Waals surface area contributed by atoms with Gasteiger partial charge in [-0.25, -0.2) is 17.5 Å². The van der Waals surface area contributed by atoms with Crippen molar-refractivity contribution in [3.8, 4) is 0 Å². The quantitative estimate of drug-likeness (QED) is 0.709. The number of piperidine rings is 1. The molecule has 2 N–H and O–H groups in total. The van der Waals surface area contributed by atoms with Crippen LogP contribution in [0.15, 0.2) is 0 Å². The predicted molar refractivity (Wildman–Crippen MR) is 99.5 cm³/mol. The van der Waals surface area contributed by atoms with Gasteiger partial charge in [-0.2, -0.15) is 0 Å². The molecule has 150 valence electrons. The maximum atomic E-state index is 12.8. The molecule has 3 fully saturated rings. The standard InChI is InChI=1S/C17H32N4O4S/c1-2-21(15-3-8-18-13-15)17(22)19-14-4-9-20(10-5-14)26(23,24)16-6-11-25-12-7-16/h14-16,18H,2-13H2,1H3,(H,19,22). The van der Waals surface area contributed by atoms with Gasteiger partial charge in [0.1, 0.15) is 0 Å². The van der Waals surface area contributed by atoms with Crippen molar-refractivity contribution in [3.05, 3.63) is 0 Å². The maximum Gasteiger partial charge on any atom is 0.317 e. The van der Waals surface area contributed by atoms with Crippen LogP contribution in [0.4, 0.5) is 4.79 Å². The van der Waals surface area contributed by atoms with E-state index in [1.165, 1.54) is 0 Å². The van der Waals surface area contributed by atoms with Gasteiger partial charge in [-0.05, 0) is 45.6 Å². The van der Waals surface area contributed by atoms with Crippen molar-refractivity contribution >= 4 is 16.1 Å². The number of carbonyl (C=O) groups excluding carboxylic acids is 1. The Hall–Kier alpha value is -0.900. The number of ether oxygens (including phenoxy) is 1. The average molecular weight is 389 g/mol. The van der Waals surface area contributed by atoms with E-state index >= 15 is 0 Å². The van der Waals surface area contributed by atoms with Crippen LogP contribution in [-0.4, -0.2) is 86.9 Å². The fraction of sp³-hybridized carbons (Fsp3) is 0.941. The van der Waals surface area contributed by atoms with Gasteiger partial charge in [0.25, 0.3) is 0 Å². The van der Waals surface area contributed by atoms with Gasteiger partial charge < -0.3 is 20.3 Å². The van der Waals surface area contributed by atoms with Gasteiger partial charge in [-0.15, -0.1) is 0 Å². The van der Waals surface area contributed by atoms with Crippen LogP contribution in [0, 0.1) is 0 Å². The summed E-state index contributed by atoms with van der Waals surface area (Å²) in [5.41, 5.74) is 0. The molecule has 0 aliphatic carbocycles. The van der Waals surface area contributed by atoms with Crippen LogP contribution in [-0.2, 0) is 14.8 Å². The van der Waals surface area contributed by atoms with E-state index in [1.54, 1.807) is 4.31 Å². The third kappa shape index (κ3) is 4.49. The van der Waals surface area contributed by atoms with Crippen molar-refractivity contribution in [2.75, 3.05) is 45.9 Å². The van der Waals surface area contributed by atoms with Gasteiger partial charge in [0.2, 0.25) is 10.0 Å². The molecular formula is C17H32N4O4S. The normalized spacial score (nSPS) is 26.7. The van der Waals surface area contributed by atoms with Gasteiger partial charge >= 0.3 is 6.03 Å². The third-order valence-electron chi connectivity index (χ3n) is 5.81. The number of sulfonamides is 1. The largest absolute Gasteiger partial charge is 0.381 e. The Balaban J connectivity index is 1.49. The second-order valence-electron chi connectivity index (χ2n) is 7.41. The number of hydrogen-bond acceptors (Lipinski definition) is 5. The lowest BCUT2D eigenvalue weighted by Gasteiger charge is -2.36. The number of amides is 2. The second-order valence-corrected chi connectivity index (χ2v) is 9.63. The number of hydrogen-bond donors (Lipinski definition) is 2. The first-order valence-corrected chi connectivity index (χ1v) is 11.4. The van der Waals surface area contributed by atoms with Gasteiger partial charge in [-0.3, -0.25) is 0 Å². The zero-order valence-electron chi connectivity index (χ0n) is 15.7. The zero-order valence-corrected chi connectivity index (χ0v) is 16.5. The topological polar surface area (TPSA) is 91.0 Å². The SMILES string of the molecule is CCN(C(=O)NC1CCN(S(=O)(=O)C2CCOCC2)CC1)C1CCNC1. The summed E-state index contributed by atoms with van der Waals surface area (Å²) in [6, 6.07) is 0.285. The van der Waals surface area contributed by atoms with Crippen molar-refractivity contribution in [2.24, 2.45) is 0 Å². The van der Waals surface area contributed by atoms with Crippen LogP contribution in [0.1, 0.15) is 39.0 Å². The minimum Gasteiger partial charge on any atom is -0.381 e. The van der Waals surface area contributed by atoms with Crippen LogP contribution in [0.2, 0.25) is 0 Å². The number of carbonyl (C=O) groups is 1. The van der Waals surface area contributed by atoms with E-state index in [1.807, 2.05) is 11.8 Å². The van der Waals surface area contributed by atoms with Crippen molar-refractivity contribution in [2.45, 2.75) is 56.4 Å². The first-order valence-electron chi connectivity index (χ1n) is 9.87. The lowest BCUT2D eigenvalue weighted by Crippen LogP contribution is -2.53. The molecule has 0 saturated carbocycles. The third-order valence-corrected chi connectivity index (χ3v) is 8.21. The monoisotopic (exact) mass is 388 g/mol. The second kappa shape index (κ2) is 8.86. The molecular weight excluding hydrogens is 356 g/mol. The van der Waals surface area contributed by atoms with E-state index in [4.69, 9.17) is 4.74 Å². The highest BCUT2D eigenvalue weighted by Gasteiger charge is 2.36. The molecule has 3 heterocycles. The highest BCUT2D eigenvalue weighted by atomic mass is 32.2. The summed E-state index contributed by atoms with van der Waals surface area (Å²) in [5, 5.41) is 6.10. The van der Waals surface area contributed by atoms with Crippen LogP contribution >= 0.6 is 0 Å². The van der Waals surface area contributed by atoms with Gasteiger partial charge in [-0.1, -0.05) is 0 Å². The molecule has 3 rings (SSSR count). The van der Waals surface area contributed by atoms with Crippen molar-refractivity contribution in [1.82, 2.24) is 19.8 Å². The average Bonchev–Trinajstić information content (AvgIpc) is 3.18. The molecule has 3 aliphatic heterocycles. The molecule has 0 aromatic rings. The number of rotatable bonds is 5. The molecule has 0 aromatic carbocycles. The van der Waals surface area contributed by atoms with Crippen LogP contribution in [0.3, 0.4) is 0 Å². The lowest BCUT2D eigenvalue weighted by atomic mass is 10.1. The Kier molecular flexibility index (Phi) is 6.76. The number of nitrogens with one attached hydrogen (secondary N) is 2. The molecule has 26 heavy (non-hydrogen) atoms. The fourth-order valence-electron chi connectivity index (χ4n) is 4.17. The summed E-state index contributed by atoms with van der Waals surface area (Å²) in [6.45, 7) is 6.53. The Morgan fingerprint density at radius 1 is 1.19 bits per heavy atom. The maximum absolute atomic E-state index is 12.8. The molecule has 8 nitrogen and oxygen atoms in total. The summed E-state index contributed by atoms with van der Waals surface area (Å²) < 4.78 is 32.4. The van der Waals surface area contributed by atoms with Crippen molar-refractivity contribution in [3.63, 3.8) is 0 Å². The molecule has 2 amide bonds. The molecule has 3 saturated heterocycles. The van der Waals surface area contributed by atoms with Crippen LogP contribution in [0.25, 0.3) is 0 Å². The summed E-state index contributed by atoms with van der Waals surface area (Å²) in [6.07, 6.45) is 3.51. The fourth-order valence-corrected chi connectivity index (χ4v) is 6.10. The van der Waals surface area contributed by atoms with E-state index in [2.05, 4.69) is 10.6 Å². The van der Waals surface area contributed by atoms with E-state index in [0.717, 1.165) is 19.5 Å². The summed E-state index contributed by atoms with van der Waals surface area (Å²) in [7, 11) is -3.25. The molecule has 0 aromatic heterocycles. The molecule has 9 heteroatoms. The molecule has 0 radical (unpaired) electrons. The summed E-state index contributed by atoms with van der Waals surface area (Å²) in [5.74, 6) is 0. The molecule has 0 spiro atoms. The Morgan fingerprint density at radius 3 is 2.46 bits per heavy atom. The first kappa shape index (κ1) is 19.9. The Labute approximate surface area is 156 Å². The molecule has 0 bridgehead atoms. The van der Waals surface area contributed by atoms with E-state index in [9.17, 15) is 13.2 Å². The molecule has 1 unspecified atom stereocenters. The minimum absolute atomic E-state index is 0.0214. The lowest BCUT2D eigenvalue weighted by molar-refractivity contribution is 0.0968. The number of nitrogens with zero attached hydrogens (tertiary/aromatic N) is 2. The summed E-state index contributed by atoms with van der Waals surface area (Å²) in [4.78, 5) is 14.5. The highest BCUT2D eigenvalue weighted by Crippen LogP contribution is 2.23. The summed E-state index contributed by atoms with van der Waals surface area (Å²) >= 11 is 0. The van der Waals surface area contributed by atoms with E-state index in [-0.39, 0.29) is 23.4 Å². The number of likely N-dealkylation sites (N-methyl/N-ethyl adjacent to an activating group) is 1. The minimum atomic E-state index is -3.25. The van der Waals surface area contributed by atoms with E-state index < -0.39 is 10.0 Å². The van der Waals surface area contributed by atoms with Crippen LogP contribution < -0.4 is 10.6 Å².